The molecule has 2 aliphatic heterocycles. The molecule has 0 radical (unpaired) electrons. The molecule has 2 aliphatic rings. The lowest BCUT2D eigenvalue weighted by atomic mass is 10.0. The maximum absolute atomic E-state index is 13.1. The first-order valence-corrected chi connectivity index (χ1v) is 13.4. The van der Waals surface area contributed by atoms with E-state index in [-0.39, 0.29) is 22.4 Å². The van der Waals surface area contributed by atoms with Gasteiger partial charge in [-0.3, -0.25) is 4.90 Å². The molecule has 0 amide bonds. The SMILES string of the molecule is CCc1ccc(CN2CCc3c(sc(S(=O)(=O)NCC4CCCO4)c3C(=O)OC)C2)cc1. The van der Waals surface area contributed by atoms with Crippen LogP contribution in [-0.2, 0) is 45.4 Å². The number of ether oxygens (including phenoxy) is 2. The predicted octanol–water partition coefficient (Wildman–Crippen LogP) is 3.11. The minimum absolute atomic E-state index is 0.0569. The van der Waals surface area contributed by atoms with Gasteiger partial charge in [-0.25, -0.2) is 17.9 Å². The minimum Gasteiger partial charge on any atom is -0.465 e. The standard InChI is InChI=1S/C23H30N2O5S2/c1-3-16-6-8-17(9-7-16)14-25-11-10-19-20(15-25)31-23(21(19)22(26)29-2)32(27,28)24-13-18-5-4-12-30-18/h6-9,18,24H,3-5,10-15H2,1-2H3. The number of nitrogens with one attached hydrogen (secondary N) is 1. The molecule has 4 rings (SSSR count). The van der Waals surface area contributed by atoms with E-state index in [4.69, 9.17) is 9.47 Å². The Morgan fingerprint density at radius 1 is 1.28 bits per heavy atom. The number of methoxy groups -OCH3 is 1. The van der Waals surface area contributed by atoms with Gasteiger partial charge >= 0.3 is 5.97 Å². The van der Waals surface area contributed by atoms with Crippen molar-refractivity contribution in [3.8, 4) is 0 Å². The third-order valence-corrected chi connectivity index (χ3v) is 9.26. The molecule has 9 heteroatoms. The summed E-state index contributed by atoms with van der Waals surface area (Å²) in [6.07, 6.45) is 3.28. The number of carbonyl (C=O) groups excluding carboxylic acids is 1. The lowest BCUT2D eigenvalue weighted by Gasteiger charge is -2.27. The van der Waals surface area contributed by atoms with E-state index in [0.717, 1.165) is 42.8 Å². The number of fused-ring (bicyclic) bond motifs is 1. The monoisotopic (exact) mass is 478 g/mol. The lowest BCUT2D eigenvalue weighted by molar-refractivity contribution is 0.0595. The van der Waals surface area contributed by atoms with Crippen molar-refractivity contribution in [1.29, 1.82) is 0 Å². The van der Waals surface area contributed by atoms with Crippen molar-refractivity contribution >= 4 is 27.3 Å². The van der Waals surface area contributed by atoms with Crippen molar-refractivity contribution in [2.45, 2.75) is 56.0 Å². The number of esters is 1. The van der Waals surface area contributed by atoms with Gasteiger partial charge in [-0.05, 0) is 42.4 Å². The first-order valence-electron chi connectivity index (χ1n) is 11.1. The van der Waals surface area contributed by atoms with Gasteiger partial charge in [0.1, 0.15) is 4.21 Å². The minimum atomic E-state index is -3.84. The number of nitrogens with zero attached hydrogens (tertiary/aromatic N) is 1. The second kappa shape index (κ2) is 10.0. The van der Waals surface area contributed by atoms with E-state index in [1.807, 2.05) is 0 Å². The summed E-state index contributed by atoms with van der Waals surface area (Å²) in [5.41, 5.74) is 3.53. The van der Waals surface area contributed by atoms with Crippen LogP contribution < -0.4 is 4.72 Å². The molecule has 1 saturated heterocycles. The number of hydrogen-bond acceptors (Lipinski definition) is 7. The van der Waals surface area contributed by atoms with Crippen LogP contribution >= 0.6 is 11.3 Å². The fourth-order valence-corrected chi connectivity index (χ4v) is 7.31. The van der Waals surface area contributed by atoms with E-state index in [1.54, 1.807) is 0 Å². The number of sulfonamides is 1. The lowest BCUT2D eigenvalue weighted by Crippen LogP contribution is -2.32. The zero-order chi connectivity index (χ0) is 22.7. The Kier molecular flexibility index (Phi) is 7.31. The average molecular weight is 479 g/mol. The van der Waals surface area contributed by atoms with Crippen molar-refractivity contribution in [2.24, 2.45) is 0 Å². The zero-order valence-electron chi connectivity index (χ0n) is 18.6. The number of hydrogen-bond donors (Lipinski definition) is 1. The summed E-state index contributed by atoms with van der Waals surface area (Å²) < 4.78 is 39.4. The predicted molar refractivity (Wildman–Crippen MR) is 123 cm³/mol. The molecule has 7 nitrogen and oxygen atoms in total. The smallest absolute Gasteiger partial charge is 0.340 e. The van der Waals surface area contributed by atoms with Crippen LogP contribution in [-0.4, -0.2) is 52.2 Å². The van der Waals surface area contributed by atoms with E-state index in [0.29, 0.717) is 19.6 Å². The van der Waals surface area contributed by atoms with E-state index < -0.39 is 16.0 Å². The van der Waals surface area contributed by atoms with Crippen LogP contribution in [0.2, 0.25) is 0 Å². The van der Waals surface area contributed by atoms with Crippen molar-refractivity contribution in [3.63, 3.8) is 0 Å². The van der Waals surface area contributed by atoms with Crippen LogP contribution in [0.5, 0.6) is 0 Å². The Morgan fingerprint density at radius 3 is 2.69 bits per heavy atom. The molecule has 0 aliphatic carbocycles. The molecular formula is C23H30N2O5S2. The summed E-state index contributed by atoms with van der Waals surface area (Å²) in [6, 6.07) is 8.59. The fraction of sp³-hybridized carbons (Fsp3) is 0.522. The molecule has 0 spiro atoms. The van der Waals surface area contributed by atoms with Crippen LogP contribution in [0, 0.1) is 0 Å². The van der Waals surface area contributed by atoms with Gasteiger partial charge in [-0.15, -0.1) is 11.3 Å². The first kappa shape index (κ1) is 23.4. The van der Waals surface area contributed by atoms with Crippen molar-refractivity contribution in [2.75, 3.05) is 26.8 Å². The van der Waals surface area contributed by atoms with Crippen LogP contribution in [0.1, 0.15) is 51.7 Å². The molecule has 1 N–H and O–H groups in total. The van der Waals surface area contributed by atoms with E-state index in [1.165, 1.54) is 29.6 Å². The molecule has 174 valence electrons. The number of aryl methyl sites for hydroxylation is 1. The van der Waals surface area contributed by atoms with Gasteiger partial charge in [0.15, 0.2) is 0 Å². The molecule has 1 aromatic carbocycles. The summed E-state index contributed by atoms with van der Waals surface area (Å²) in [5, 5.41) is 0. The van der Waals surface area contributed by atoms with Gasteiger partial charge in [0.25, 0.3) is 10.0 Å². The largest absolute Gasteiger partial charge is 0.465 e. The second-order valence-corrected chi connectivity index (χ2v) is 11.3. The van der Waals surface area contributed by atoms with Crippen LogP contribution in [0.4, 0.5) is 0 Å². The Hall–Kier alpha value is -1.78. The average Bonchev–Trinajstić information content (AvgIpc) is 3.46. The highest BCUT2D eigenvalue weighted by atomic mass is 32.2. The summed E-state index contributed by atoms with van der Waals surface area (Å²) in [4.78, 5) is 15.8. The Bertz CT molecular complexity index is 1060. The Labute approximate surface area is 193 Å². The highest BCUT2D eigenvalue weighted by Gasteiger charge is 2.34. The van der Waals surface area contributed by atoms with Crippen molar-refractivity contribution < 1.29 is 22.7 Å². The van der Waals surface area contributed by atoms with E-state index in [2.05, 4.69) is 40.8 Å². The number of benzene rings is 1. The molecule has 1 unspecified atom stereocenters. The molecule has 32 heavy (non-hydrogen) atoms. The van der Waals surface area contributed by atoms with Crippen molar-refractivity contribution in [3.05, 3.63) is 51.4 Å². The Balaban J connectivity index is 1.55. The van der Waals surface area contributed by atoms with Gasteiger partial charge in [0.05, 0.1) is 18.8 Å². The third-order valence-electron chi connectivity index (χ3n) is 6.10. The quantitative estimate of drug-likeness (QED) is 0.587. The zero-order valence-corrected chi connectivity index (χ0v) is 20.2. The maximum Gasteiger partial charge on any atom is 0.340 e. The summed E-state index contributed by atoms with van der Waals surface area (Å²) in [7, 11) is -2.55. The summed E-state index contributed by atoms with van der Waals surface area (Å²) >= 11 is 1.18. The molecule has 0 bridgehead atoms. The molecular weight excluding hydrogens is 448 g/mol. The molecule has 1 atom stereocenters. The van der Waals surface area contributed by atoms with Crippen LogP contribution in [0.15, 0.2) is 28.5 Å². The van der Waals surface area contributed by atoms with E-state index in [9.17, 15) is 13.2 Å². The number of carbonyl (C=O) groups is 1. The van der Waals surface area contributed by atoms with Gasteiger partial charge in [0, 0.05) is 37.7 Å². The third kappa shape index (κ3) is 5.07. The van der Waals surface area contributed by atoms with Gasteiger partial charge in [-0.1, -0.05) is 31.2 Å². The number of thiophene rings is 1. The van der Waals surface area contributed by atoms with Crippen LogP contribution in [0.3, 0.4) is 0 Å². The molecule has 1 aromatic heterocycles. The summed E-state index contributed by atoms with van der Waals surface area (Å²) in [5.74, 6) is -0.594. The highest BCUT2D eigenvalue weighted by Crippen LogP contribution is 2.37. The van der Waals surface area contributed by atoms with Gasteiger partial charge in [-0.2, -0.15) is 0 Å². The molecule has 0 saturated carbocycles. The maximum atomic E-state index is 13.1. The molecule has 1 fully saturated rings. The van der Waals surface area contributed by atoms with Gasteiger partial charge < -0.3 is 9.47 Å². The fourth-order valence-electron chi connectivity index (χ4n) is 4.28. The molecule has 3 heterocycles. The van der Waals surface area contributed by atoms with Gasteiger partial charge in [0.2, 0.25) is 0 Å². The summed E-state index contributed by atoms with van der Waals surface area (Å²) in [6.45, 7) is 5.16. The van der Waals surface area contributed by atoms with Crippen LogP contribution in [0.25, 0.3) is 0 Å². The second-order valence-electron chi connectivity index (χ2n) is 8.28. The Morgan fingerprint density at radius 2 is 2.03 bits per heavy atom. The van der Waals surface area contributed by atoms with Crippen molar-refractivity contribution in [1.82, 2.24) is 9.62 Å². The topological polar surface area (TPSA) is 84.9 Å². The highest BCUT2D eigenvalue weighted by molar-refractivity contribution is 7.91. The first-order chi connectivity index (χ1) is 15.4. The number of rotatable bonds is 8. The van der Waals surface area contributed by atoms with E-state index >= 15 is 0 Å². The normalized spacial score (nSPS) is 19.1. The molecule has 2 aromatic rings.